The summed E-state index contributed by atoms with van der Waals surface area (Å²) in [6, 6.07) is 15.7. The third-order valence-corrected chi connectivity index (χ3v) is 5.23. The van der Waals surface area contributed by atoms with Crippen molar-refractivity contribution in [2.45, 2.75) is 12.6 Å². The van der Waals surface area contributed by atoms with Crippen molar-refractivity contribution >= 4 is 23.0 Å². The van der Waals surface area contributed by atoms with Gasteiger partial charge in [-0.2, -0.15) is 0 Å². The van der Waals surface area contributed by atoms with E-state index in [0.717, 1.165) is 10.4 Å². The number of amides is 1. The van der Waals surface area contributed by atoms with Gasteiger partial charge < -0.3 is 14.4 Å². The third kappa shape index (κ3) is 2.74. The van der Waals surface area contributed by atoms with Crippen molar-refractivity contribution in [3.8, 4) is 0 Å². The van der Waals surface area contributed by atoms with E-state index in [2.05, 4.69) is 0 Å². The number of carbonyl (C=O) groups excluding carboxylic acids is 2. The van der Waals surface area contributed by atoms with Crippen molar-refractivity contribution in [2.75, 3.05) is 0 Å². The van der Waals surface area contributed by atoms with Crippen LogP contribution in [0.1, 0.15) is 27.0 Å². The molecule has 3 heterocycles. The summed E-state index contributed by atoms with van der Waals surface area (Å²) >= 11 is 1.43. The van der Waals surface area contributed by atoms with Gasteiger partial charge in [0, 0.05) is 11.4 Å². The second-order valence-electron chi connectivity index (χ2n) is 5.91. The molecule has 0 unspecified atom stereocenters. The maximum absolute atomic E-state index is 12.9. The van der Waals surface area contributed by atoms with Gasteiger partial charge in [-0.25, -0.2) is 0 Å². The van der Waals surface area contributed by atoms with Crippen LogP contribution in [0.2, 0.25) is 0 Å². The Morgan fingerprint density at radius 1 is 1.12 bits per heavy atom. The van der Waals surface area contributed by atoms with Crippen LogP contribution in [0.4, 0.5) is 0 Å². The van der Waals surface area contributed by atoms with Gasteiger partial charge in [-0.05, 0) is 29.1 Å². The van der Waals surface area contributed by atoms with Gasteiger partial charge in [-0.1, -0.05) is 36.4 Å². The number of rotatable bonds is 5. The molecule has 0 spiro atoms. The first-order chi connectivity index (χ1) is 12.7. The Labute approximate surface area is 153 Å². The highest BCUT2D eigenvalue weighted by molar-refractivity contribution is 7.10. The molecule has 6 heteroatoms. The van der Waals surface area contributed by atoms with Gasteiger partial charge in [0.2, 0.25) is 5.78 Å². The number of hydrogen-bond donors (Lipinski definition) is 1. The van der Waals surface area contributed by atoms with Gasteiger partial charge in [0.1, 0.15) is 6.04 Å². The highest BCUT2D eigenvalue weighted by Crippen LogP contribution is 2.41. The standard InChI is InChI=1S/C20H15NO4S/c22-18(14-8-4-10-25-14)16-17(15-9-5-11-26-15)21(20(24)19(16)23)12-13-6-2-1-3-7-13/h1-11,17,23H,12H2/t17-/m1/s1. The number of aliphatic hydroxyl groups excluding tert-OH is 1. The van der Waals surface area contributed by atoms with Crippen molar-refractivity contribution in [2.24, 2.45) is 0 Å². The van der Waals surface area contributed by atoms with Gasteiger partial charge in [-0.3, -0.25) is 9.59 Å². The Hall–Kier alpha value is -3.12. The summed E-state index contributed by atoms with van der Waals surface area (Å²) in [6.45, 7) is 0.293. The maximum atomic E-state index is 12.9. The van der Waals surface area contributed by atoms with E-state index in [1.54, 1.807) is 6.07 Å². The molecule has 2 aromatic heterocycles. The monoisotopic (exact) mass is 365 g/mol. The molecule has 1 atom stereocenters. The Morgan fingerprint density at radius 3 is 2.58 bits per heavy atom. The zero-order valence-corrected chi connectivity index (χ0v) is 14.5. The zero-order chi connectivity index (χ0) is 18.1. The highest BCUT2D eigenvalue weighted by Gasteiger charge is 2.44. The number of hydrogen-bond acceptors (Lipinski definition) is 5. The lowest BCUT2D eigenvalue weighted by atomic mass is 10.00. The normalized spacial score (nSPS) is 17.2. The lowest BCUT2D eigenvalue weighted by Crippen LogP contribution is -2.30. The smallest absolute Gasteiger partial charge is 0.290 e. The second-order valence-corrected chi connectivity index (χ2v) is 6.88. The average Bonchev–Trinajstić information content (AvgIpc) is 3.40. The summed E-state index contributed by atoms with van der Waals surface area (Å²) in [5.41, 5.74) is 0.977. The summed E-state index contributed by atoms with van der Waals surface area (Å²) in [7, 11) is 0. The van der Waals surface area contributed by atoms with Crippen LogP contribution in [-0.4, -0.2) is 21.7 Å². The van der Waals surface area contributed by atoms with Crippen LogP contribution in [0, 0.1) is 0 Å². The number of Topliss-reactive ketones (excluding diaryl/α,β-unsaturated/α-hetero) is 1. The predicted molar refractivity (Wildman–Crippen MR) is 96.7 cm³/mol. The average molecular weight is 365 g/mol. The van der Waals surface area contributed by atoms with E-state index in [4.69, 9.17) is 4.42 Å². The molecule has 0 aliphatic carbocycles. The molecule has 1 aromatic carbocycles. The summed E-state index contributed by atoms with van der Waals surface area (Å²) in [6.07, 6.45) is 1.39. The van der Waals surface area contributed by atoms with Gasteiger partial charge in [0.05, 0.1) is 11.8 Å². The molecular formula is C20H15NO4S. The van der Waals surface area contributed by atoms with E-state index in [1.807, 2.05) is 47.8 Å². The van der Waals surface area contributed by atoms with Crippen LogP contribution >= 0.6 is 11.3 Å². The minimum Gasteiger partial charge on any atom is -0.503 e. The van der Waals surface area contributed by atoms with Crippen LogP contribution in [-0.2, 0) is 11.3 Å². The Morgan fingerprint density at radius 2 is 1.92 bits per heavy atom. The first-order valence-corrected chi connectivity index (χ1v) is 8.94. The summed E-state index contributed by atoms with van der Waals surface area (Å²) in [5, 5.41) is 12.4. The van der Waals surface area contributed by atoms with Crippen molar-refractivity contribution < 1.29 is 19.1 Å². The molecule has 1 aliphatic rings. The van der Waals surface area contributed by atoms with Crippen molar-refractivity contribution in [1.82, 2.24) is 4.90 Å². The number of benzene rings is 1. The van der Waals surface area contributed by atoms with Crippen molar-refractivity contribution in [3.63, 3.8) is 0 Å². The molecule has 5 nitrogen and oxygen atoms in total. The van der Waals surface area contributed by atoms with E-state index in [0.29, 0.717) is 6.54 Å². The molecule has 0 bridgehead atoms. The van der Waals surface area contributed by atoms with E-state index in [-0.39, 0.29) is 11.3 Å². The summed E-state index contributed by atoms with van der Waals surface area (Å²) in [4.78, 5) is 28.0. The lowest BCUT2D eigenvalue weighted by molar-refractivity contribution is -0.130. The van der Waals surface area contributed by atoms with E-state index in [1.165, 1.54) is 28.6 Å². The fraction of sp³-hybridized carbons (Fsp3) is 0.100. The number of ketones is 1. The zero-order valence-electron chi connectivity index (χ0n) is 13.7. The molecule has 0 fully saturated rings. The predicted octanol–water partition coefficient (Wildman–Crippen LogP) is 4.12. The Bertz CT molecular complexity index is 959. The molecule has 26 heavy (non-hydrogen) atoms. The van der Waals surface area contributed by atoms with Crippen molar-refractivity contribution in [1.29, 1.82) is 0 Å². The van der Waals surface area contributed by atoms with Gasteiger partial charge in [0.25, 0.3) is 5.91 Å². The van der Waals surface area contributed by atoms with E-state index in [9.17, 15) is 14.7 Å². The number of carbonyl (C=O) groups is 2. The van der Waals surface area contributed by atoms with Gasteiger partial charge in [0.15, 0.2) is 11.5 Å². The largest absolute Gasteiger partial charge is 0.503 e. The minimum absolute atomic E-state index is 0.0586. The van der Waals surface area contributed by atoms with Gasteiger partial charge in [-0.15, -0.1) is 11.3 Å². The van der Waals surface area contributed by atoms with Crippen LogP contribution in [0.3, 0.4) is 0 Å². The summed E-state index contributed by atoms with van der Waals surface area (Å²) < 4.78 is 5.19. The molecule has 0 saturated heterocycles. The number of furan rings is 1. The minimum atomic E-state index is -0.639. The van der Waals surface area contributed by atoms with Crippen LogP contribution in [0.15, 0.2) is 82.0 Å². The highest BCUT2D eigenvalue weighted by atomic mass is 32.1. The first kappa shape index (κ1) is 16.4. The SMILES string of the molecule is O=C(C1=C(O)C(=O)N(Cc2ccccc2)[C@@H]1c1cccs1)c1ccco1. The van der Waals surface area contributed by atoms with E-state index < -0.39 is 23.5 Å². The first-order valence-electron chi connectivity index (χ1n) is 8.06. The molecule has 1 N–H and O–H groups in total. The number of thiophene rings is 1. The van der Waals surface area contributed by atoms with Crippen LogP contribution in [0.5, 0.6) is 0 Å². The second kappa shape index (κ2) is 6.65. The fourth-order valence-electron chi connectivity index (χ4n) is 3.11. The third-order valence-electron chi connectivity index (χ3n) is 4.30. The van der Waals surface area contributed by atoms with Crippen molar-refractivity contribution in [3.05, 3.63) is 93.8 Å². The molecule has 1 amide bonds. The topological polar surface area (TPSA) is 70.8 Å². The molecule has 0 radical (unpaired) electrons. The van der Waals surface area contributed by atoms with E-state index >= 15 is 0 Å². The lowest BCUT2D eigenvalue weighted by Gasteiger charge is -2.25. The molecule has 1 aliphatic heterocycles. The Kier molecular flexibility index (Phi) is 4.18. The molecule has 130 valence electrons. The Balaban J connectivity index is 1.77. The number of aliphatic hydroxyl groups is 1. The number of nitrogens with zero attached hydrogens (tertiary/aromatic N) is 1. The summed E-state index contributed by atoms with van der Waals surface area (Å²) in [5.74, 6) is -1.44. The molecule has 0 saturated carbocycles. The molecule has 4 rings (SSSR count). The quantitative estimate of drug-likeness (QED) is 0.691. The van der Waals surface area contributed by atoms with Crippen LogP contribution < -0.4 is 0 Å². The molecule has 3 aromatic rings. The molecular weight excluding hydrogens is 350 g/mol. The fourth-order valence-corrected chi connectivity index (χ4v) is 3.96. The van der Waals surface area contributed by atoms with Gasteiger partial charge >= 0.3 is 0 Å². The maximum Gasteiger partial charge on any atom is 0.290 e. The van der Waals surface area contributed by atoms with Crippen LogP contribution in [0.25, 0.3) is 0 Å².